The first kappa shape index (κ1) is 25.6. The molecule has 2 N–H and O–H groups in total. The number of rotatable bonds is 11. The highest BCUT2D eigenvalue weighted by Gasteiger charge is 2.27. The van der Waals surface area contributed by atoms with Gasteiger partial charge in [0.1, 0.15) is 0 Å². The number of aromatic nitrogens is 2. The third-order valence-electron chi connectivity index (χ3n) is 7.40. The molecule has 0 radical (unpaired) electrons. The summed E-state index contributed by atoms with van der Waals surface area (Å²) in [5.74, 6) is 0.516. The Morgan fingerprint density at radius 3 is 2.03 bits per heavy atom. The fourth-order valence-corrected chi connectivity index (χ4v) is 5.44. The molecule has 2 heterocycles. The molecule has 1 aromatic heterocycles. The summed E-state index contributed by atoms with van der Waals surface area (Å²) in [5.41, 5.74) is 4.28. The van der Waals surface area contributed by atoms with Gasteiger partial charge >= 0.3 is 0 Å². The summed E-state index contributed by atoms with van der Waals surface area (Å²) in [6, 6.07) is 24.4. The highest BCUT2D eigenvalue weighted by Crippen LogP contribution is 2.37. The smallest absolute Gasteiger partial charge is 0.0602 e. The third kappa shape index (κ3) is 7.26. The first-order valence-corrected chi connectivity index (χ1v) is 13.3. The lowest BCUT2D eigenvalue weighted by Gasteiger charge is -2.39. The molecular formula is C30H43N5. The van der Waals surface area contributed by atoms with Crippen molar-refractivity contribution in [2.45, 2.75) is 45.6 Å². The number of nitrogens with zero attached hydrogens (tertiary/aromatic N) is 3. The van der Waals surface area contributed by atoms with Crippen molar-refractivity contribution >= 4 is 0 Å². The van der Waals surface area contributed by atoms with E-state index in [1.165, 1.54) is 29.7 Å². The lowest BCUT2D eigenvalue weighted by Crippen LogP contribution is -2.49. The van der Waals surface area contributed by atoms with Gasteiger partial charge in [-0.1, -0.05) is 81.4 Å². The Labute approximate surface area is 211 Å². The van der Waals surface area contributed by atoms with E-state index < -0.39 is 0 Å². The molecule has 1 aliphatic rings. The third-order valence-corrected chi connectivity index (χ3v) is 7.40. The Morgan fingerprint density at radius 1 is 0.857 bits per heavy atom. The van der Waals surface area contributed by atoms with Crippen LogP contribution in [0, 0.1) is 5.41 Å². The van der Waals surface area contributed by atoms with Gasteiger partial charge in [-0.15, -0.1) is 0 Å². The highest BCUT2D eigenvalue weighted by molar-refractivity contribution is 5.32. The van der Waals surface area contributed by atoms with E-state index in [4.69, 9.17) is 0 Å². The quantitative estimate of drug-likeness (QED) is 0.370. The normalized spacial score (nSPS) is 16.6. The Bertz CT molecular complexity index is 917. The number of aromatic amines is 1. The maximum absolute atomic E-state index is 4.17. The molecule has 0 spiro atoms. The van der Waals surface area contributed by atoms with Crippen molar-refractivity contribution in [3.8, 4) is 0 Å². The van der Waals surface area contributed by atoms with Crippen LogP contribution in [0.25, 0.3) is 0 Å². The molecule has 0 bridgehead atoms. The monoisotopic (exact) mass is 473 g/mol. The second-order valence-electron chi connectivity index (χ2n) is 10.9. The maximum Gasteiger partial charge on any atom is 0.0602 e. The van der Waals surface area contributed by atoms with Gasteiger partial charge in [0.2, 0.25) is 0 Å². The van der Waals surface area contributed by atoms with Crippen molar-refractivity contribution in [1.29, 1.82) is 0 Å². The standard InChI is InChI=1S/C30H43N5/c1-30(2,3)27(28-16-18-32-33-28)15-10-17-31-19-20-34-21-23-35(24-22-34)29(25-11-6-4-7-12-25)26-13-8-5-9-14-26/h4-9,11-14,16,18,27,29,31H,10,15,17,19-24H2,1-3H3,(H,32,33). The van der Waals surface area contributed by atoms with Gasteiger partial charge in [-0.2, -0.15) is 5.10 Å². The van der Waals surface area contributed by atoms with E-state index in [1.54, 1.807) is 0 Å². The number of nitrogens with one attached hydrogen (secondary N) is 2. The molecule has 1 fully saturated rings. The number of hydrogen-bond acceptors (Lipinski definition) is 4. The molecule has 1 saturated heterocycles. The zero-order valence-electron chi connectivity index (χ0n) is 21.8. The minimum Gasteiger partial charge on any atom is -0.315 e. The number of H-pyrrole nitrogens is 1. The van der Waals surface area contributed by atoms with E-state index in [0.29, 0.717) is 12.0 Å². The molecule has 1 unspecified atom stereocenters. The van der Waals surface area contributed by atoms with Crippen molar-refractivity contribution in [3.05, 3.63) is 89.7 Å². The largest absolute Gasteiger partial charge is 0.315 e. The number of benzene rings is 2. The molecule has 3 aromatic rings. The van der Waals surface area contributed by atoms with Gasteiger partial charge in [0, 0.05) is 57.1 Å². The van der Waals surface area contributed by atoms with Crippen LogP contribution in [0.15, 0.2) is 72.9 Å². The lowest BCUT2D eigenvalue weighted by molar-refractivity contribution is 0.110. The zero-order valence-corrected chi connectivity index (χ0v) is 21.8. The predicted molar refractivity (Wildman–Crippen MR) is 146 cm³/mol. The molecule has 5 nitrogen and oxygen atoms in total. The number of piperazine rings is 1. The average Bonchev–Trinajstić information content (AvgIpc) is 3.39. The minimum atomic E-state index is 0.240. The summed E-state index contributed by atoms with van der Waals surface area (Å²) >= 11 is 0. The van der Waals surface area contributed by atoms with E-state index in [0.717, 1.165) is 45.8 Å². The molecule has 0 saturated carbocycles. The van der Waals surface area contributed by atoms with E-state index in [-0.39, 0.29) is 5.41 Å². The van der Waals surface area contributed by atoms with Crippen LogP contribution in [-0.2, 0) is 0 Å². The topological polar surface area (TPSA) is 47.2 Å². The van der Waals surface area contributed by atoms with Crippen LogP contribution in [0.5, 0.6) is 0 Å². The van der Waals surface area contributed by atoms with Crippen molar-refractivity contribution in [2.24, 2.45) is 5.41 Å². The van der Waals surface area contributed by atoms with Gasteiger partial charge in [-0.05, 0) is 42.0 Å². The van der Waals surface area contributed by atoms with Crippen LogP contribution in [0.1, 0.15) is 62.4 Å². The van der Waals surface area contributed by atoms with Gasteiger partial charge in [-0.3, -0.25) is 14.9 Å². The highest BCUT2D eigenvalue weighted by atomic mass is 15.3. The maximum atomic E-state index is 4.17. The fourth-order valence-electron chi connectivity index (χ4n) is 5.44. The number of hydrogen-bond donors (Lipinski definition) is 2. The summed E-state index contributed by atoms with van der Waals surface area (Å²) in [5, 5.41) is 11.0. The molecule has 1 aliphatic heterocycles. The van der Waals surface area contributed by atoms with Crippen LogP contribution in [-0.4, -0.2) is 65.8 Å². The Hall–Kier alpha value is -2.47. The summed E-state index contributed by atoms with van der Waals surface area (Å²) in [6.45, 7) is 14.7. The molecule has 2 aromatic carbocycles. The fraction of sp³-hybridized carbons (Fsp3) is 0.500. The molecule has 0 amide bonds. The SMILES string of the molecule is CC(C)(C)C(CCCNCCN1CCN(C(c2ccccc2)c2ccccc2)CC1)c1ccn[nH]1. The molecule has 35 heavy (non-hydrogen) atoms. The van der Waals surface area contributed by atoms with E-state index in [1.807, 2.05) is 6.20 Å². The first-order chi connectivity index (χ1) is 17.0. The van der Waals surface area contributed by atoms with Gasteiger partial charge in [0.15, 0.2) is 0 Å². The zero-order chi connectivity index (χ0) is 24.5. The second kappa shape index (κ2) is 12.5. The Balaban J connectivity index is 1.19. The molecule has 0 aliphatic carbocycles. The van der Waals surface area contributed by atoms with Crippen LogP contribution in [0.4, 0.5) is 0 Å². The van der Waals surface area contributed by atoms with Crippen LogP contribution < -0.4 is 5.32 Å². The minimum absolute atomic E-state index is 0.240. The molecule has 5 heteroatoms. The van der Waals surface area contributed by atoms with Crippen molar-refractivity contribution < 1.29 is 0 Å². The van der Waals surface area contributed by atoms with Gasteiger partial charge in [0.05, 0.1) is 6.04 Å². The summed E-state index contributed by atoms with van der Waals surface area (Å²) < 4.78 is 0. The van der Waals surface area contributed by atoms with Gasteiger partial charge in [0.25, 0.3) is 0 Å². The summed E-state index contributed by atoms with van der Waals surface area (Å²) in [4.78, 5) is 5.26. The molecular weight excluding hydrogens is 430 g/mol. The van der Waals surface area contributed by atoms with Crippen molar-refractivity contribution in [3.63, 3.8) is 0 Å². The lowest BCUT2D eigenvalue weighted by atomic mass is 9.76. The molecule has 188 valence electrons. The van der Waals surface area contributed by atoms with E-state index in [9.17, 15) is 0 Å². The molecule has 1 atom stereocenters. The second-order valence-corrected chi connectivity index (χ2v) is 10.9. The Morgan fingerprint density at radius 2 is 1.49 bits per heavy atom. The first-order valence-electron chi connectivity index (χ1n) is 13.3. The van der Waals surface area contributed by atoms with Crippen molar-refractivity contribution in [1.82, 2.24) is 25.3 Å². The average molecular weight is 474 g/mol. The molecule has 4 rings (SSSR count). The van der Waals surface area contributed by atoms with Crippen LogP contribution in [0.3, 0.4) is 0 Å². The van der Waals surface area contributed by atoms with E-state index >= 15 is 0 Å². The van der Waals surface area contributed by atoms with Crippen molar-refractivity contribution in [2.75, 3.05) is 45.8 Å². The Kier molecular flexibility index (Phi) is 9.13. The summed E-state index contributed by atoms with van der Waals surface area (Å²) in [6.07, 6.45) is 4.23. The van der Waals surface area contributed by atoms with E-state index in [2.05, 4.69) is 113 Å². The van der Waals surface area contributed by atoms with Gasteiger partial charge in [-0.25, -0.2) is 0 Å². The predicted octanol–water partition coefficient (Wildman–Crippen LogP) is 5.32. The van der Waals surface area contributed by atoms with Crippen LogP contribution in [0.2, 0.25) is 0 Å². The van der Waals surface area contributed by atoms with Crippen LogP contribution >= 0.6 is 0 Å². The summed E-state index contributed by atoms with van der Waals surface area (Å²) in [7, 11) is 0. The van der Waals surface area contributed by atoms with Gasteiger partial charge < -0.3 is 5.32 Å².